The van der Waals surface area contributed by atoms with E-state index in [9.17, 15) is 13.2 Å². The third-order valence-electron chi connectivity index (χ3n) is 8.05. The predicted octanol–water partition coefficient (Wildman–Crippen LogP) is 3.17. The molecule has 164 valence electrons. The molecule has 30 heavy (non-hydrogen) atoms. The van der Waals surface area contributed by atoms with Gasteiger partial charge in [0, 0.05) is 31.9 Å². The number of likely N-dealkylation sites (N-methyl/N-ethyl adjacent to an activating group) is 1. The van der Waals surface area contributed by atoms with Gasteiger partial charge in [-0.25, -0.2) is 8.42 Å². The number of hydrogen-bond donors (Lipinski definition) is 1. The Hall–Kier alpha value is -1.44. The molecular weight excluding hydrogens is 398 g/mol. The minimum absolute atomic E-state index is 0.146. The average molecular weight is 432 g/mol. The number of benzene rings is 1. The van der Waals surface area contributed by atoms with Crippen molar-refractivity contribution in [1.29, 1.82) is 0 Å². The molecule has 7 heteroatoms. The monoisotopic (exact) mass is 431 g/mol. The van der Waals surface area contributed by atoms with Gasteiger partial charge in [0.25, 0.3) is 0 Å². The first-order chi connectivity index (χ1) is 14.4. The molecule has 1 heterocycles. The van der Waals surface area contributed by atoms with Crippen molar-refractivity contribution in [1.82, 2.24) is 9.21 Å². The molecule has 4 bridgehead atoms. The molecule has 1 saturated heterocycles. The SMILES string of the molecule is CCN1CCN(S(=O)(=O)c2ccc(NC(=O)C34CC5CC(CC(C5)C3)C4)cc2)CC1. The van der Waals surface area contributed by atoms with Gasteiger partial charge in [0.2, 0.25) is 15.9 Å². The van der Waals surface area contributed by atoms with Gasteiger partial charge in [0.05, 0.1) is 10.3 Å². The van der Waals surface area contributed by atoms with Crippen molar-refractivity contribution in [2.75, 3.05) is 38.0 Å². The van der Waals surface area contributed by atoms with Crippen molar-refractivity contribution in [2.24, 2.45) is 23.2 Å². The molecule has 0 atom stereocenters. The van der Waals surface area contributed by atoms with Crippen LogP contribution >= 0.6 is 0 Å². The van der Waals surface area contributed by atoms with E-state index < -0.39 is 10.0 Å². The Bertz CT molecular complexity index is 869. The highest BCUT2D eigenvalue weighted by Gasteiger charge is 2.54. The summed E-state index contributed by atoms with van der Waals surface area (Å²) in [5.74, 6) is 2.32. The zero-order valence-electron chi connectivity index (χ0n) is 17.8. The van der Waals surface area contributed by atoms with E-state index in [1.54, 1.807) is 28.6 Å². The average Bonchev–Trinajstić information content (AvgIpc) is 2.73. The van der Waals surface area contributed by atoms with E-state index in [0.29, 0.717) is 23.7 Å². The van der Waals surface area contributed by atoms with Crippen LogP contribution in [0.25, 0.3) is 0 Å². The molecular formula is C23H33N3O3S. The molecule has 5 fully saturated rings. The van der Waals surface area contributed by atoms with Gasteiger partial charge in [0.15, 0.2) is 0 Å². The van der Waals surface area contributed by atoms with E-state index in [0.717, 1.165) is 56.7 Å². The van der Waals surface area contributed by atoms with E-state index in [-0.39, 0.29) is 11.3 Å². The number of hydrogen-bond acceptors (Lipinski definition) is 4. The van der Waals surface area contributed by atoms with Gasteiger partial charge in [-0.3, -0.25) is 4.79 Å². The van der Waals surface area contributed by atoms with Crippen LogP contribution in [0.4, 0.5) is 5.69 Å². The molecule has 5 aliphatic rings. The summed E-state index contributed by atoms with van der Waals surface area (Å²) >= 11 is 0. The molecule has 4 aliphatic carbocycles. The number of carbonyl (C=O) groups is 1. The molecule has 6 nitrogen and oxygen atoms in total. The minimum atomic E-state index is -3.48. The fourth-order valence-corrected chi connectivity index (χ4v) is 8.22. The van der Waals surface area contributed by atoms with E-state index in [4.69, 9.17) is 0 Å². The van der Waals surface area contributed by atoms with Crippen LogP contribution in [0.5, 0.6) is 0 Å². The lowest BCUT2D eigenvalue weighted by Crippen LogP contribution is -2.51. The number of sulfonamides is 1. The van der Waals surface area contributed by atoms with Crippen LogP contribution in [-0.4, -0.2) is 56.3 Å². The maximum absolute atomic E-state index is 13.2. The number of carbonyl (C=O) groups excluding carboxylic acids is 1. The van der Waals surface area contributed by atoms with Crippen molar-refractivity contribution >= 4 is 21.6 Å². The molecule has 4 saturated carbocycles. The first kappa shape index (κ1) is 20.5. The van der Waals surface area contributed by atoms with Gasteiger partial charge in [-0.15, -0.1) is 0 Å². The molecule has 1 aliphatic heterocycles. The summed E-state index contributed by atoms with van der Waals surface area (Å²) in [6.07, 6.45) is 7.02. The van der Waals surface area contributed by atoms with Crippen LogP contribution in [0, 0.1) is 23.2 Å². The fraction of sp³-hybridized carbons (Fsp3) is 0.696. The molecule has 1 N–H and O–H groups in total. The van der Waals surface area contributed by atoms with Gasteiger partial charge in [0.1, 0.15) is 0 Å². The number of rotatable bonds is 5. The Morgan fingerprint density at radius 1 is 0.967 bits per heavy atom. The Kier molecular flexibility index (Phi) is 5.19. The van der Waals surface area contributed by atoms with E-state index in [1.165, 1.54) is 19.3 Å². The topological polar surface area (TPSA) is 69.7 Å². The molecule has 0 unspecified atom stereocenters. The Balaban J connectivity index is 1.26. The van der Waals surface area contributed by atoms with E-state index >= 15 is 0 Å². The van der Waals surface area contributed by atoms with Crippen LogP contribution in [-0.2, 0) is 14.8 Å². The number of anilines is 1. The molecule has 0 aromatic heterocycles. The fourth-order valence-electron chi connectivity index (χ4n) is 6.80. The first-order valence-electron chi connectivity index (χ1n) is 11.5. The number of piperazine rings is 1. The van der Waals surface area contributed by atoms with Gasteiger partial charge in [-0.1, -0.05) is 6.92 Å². The Morgan fingerprint density at radius 2 is 1.50 bits per heavy atom. The van der Waals surface area contributed by atoms with Crippen LogP contribution in [0.15, 0.2) is 29.2 Å². The van der Waals surface area contributed by atoms with Crippen molar-refractivity contribution in [3.8, 4) is 0 Å². The molecule has 1 amide bonds. The zero-order chi connectivity index (χ0) is 20.9. The molecule has 1 aromatic rings. The highest BCUT2D eigenvalue weighted by molar-refractivity contribution is 7.89. The standard InChI is InChI=1S/C23H33N3O3S/c1-2-25-7-9-26(10-8-25)30(28,29)21-5-3-20(4-6-21)24-22(27)23-14-17-11-18(15-23)13-19(12-17)16-23/h3-6,17-19H,2,7-16H2,1H3,(H,24,27). The summed E-state index contributed by atoms with van der Waals surface area (Å²) < 4.78 is 27.5. The van der Waals surface area contributed by atoms with E-state index in [1.807, 2.05) is 0 Å². The maximum Gasteiger partial charge on any atom is 0.243 e. The Morgan fingerprint density at radius 3 is 2.00 bits per heavy atom. The Labute approximate surface area is 180 Å². The van der Waals surface area contributed by atoms with Gasteiger partial charge < -0.3 is 10.2 Å². The van der Waals surface area contributed by atoms with Gasteiger partial charge in [-0.05, 0) is 87.1 Å². The van der Waals surface area contributed by atoms with Crippen molar-refractivity contribution in [2.45, 2.75) is 50.3 Å². The van der Waals surface area contributed by atoms with Gasteiger partial charge in [-0.2, -0.15) is 4.31 Å². The summed E-state index contributed by atoms with van der Waals surface area (Å²) in [4.78, 5) is 15.8. The molecule has 6 rings (SSSR count). The lowest BCUT2D eigenvalue weighted by molar-refractivity contribution is -0.140. The zero-order valence-corrected chi connectivity index (χ0v) is 18.7. The highest BCUT2D eigenvalue weighted by Crippen LogP contribution is 2.60. The largest absolute Gasteiger partial charge is 0.326 e. The molecule has 0 radical (unpaired) electrons. The van der Waals surface area contributed by atoms with E-state index in [2.05, 4.69) is 17.1 Å². The van der Waals surface area contributed by atoms with Crippen molar-refractivity contribution < 1.29 is 13.2 Å². The third kappa shape index (κ3) is 3.59. The summed E-state index contributed by atoms with van der Waals surface area (Å²) in [6.45, 7) is 5.65. The smallest absolute Gasteiger partial charge is 0.243 e. The number of nitrogens with zero attached hydrogens (tertiary/aromatic N) is 2. The summed E-state index contributed by atoms with van der Waals surface area (Å²) in [6, 6.07) is 6.76. The number of nitrogens with one attached hydrogen (secondary N) is 1. The highest BCUT2D eigenvalue weighted by atomic mass is 32.2. The first-order valence-corrected chi connectivity index (χ1v) is 13.0. The third-order valence-corrected chi connectivity index (χ3v) is 9.96. The second-order valence-electron chi connectivity index (χ2n) is 10.0. The normalized spacial score (nSPS) is 34.2. The van der Waals surface area contributed by atoms with Crippen LogP contribution in [0.1, 0.15) is 45.4 Å². The summed E-state index contributed by atoms with van der Waals surface area (Å²) in [5.41, 5.74) is 0.504. The predicted molar refractivity (Wildman–Crippen MR) is 117 cm³/mol. The summed E-state index contributed by atoms with van der Waals surface area (Å²) in [5, 5.41) is 3.12. The minimum Gasteiger partial charge on any atom is -0.326 e. The lowest BCUT2D eigenvalue weighted by Gasteiger charge is -2.55. The molecule has 0 spiro atoms. The van der Waals surface area contributed by atoms with Crippen LogP contribution < -0.4 is 5.32 Å². The molecule has 1 aromatic carbocycles. The van der Waals surface area contributed by atoms with Crippen molar-refractivity contribution in [3.63, 3.8) is 0 Å². The maximum atomic E-state index is 13.2. The second-order valence-corrected chi connectivity index (χ2v) is 12.0. The summed E-state index contributed by atoms with van der Waals surface area (Å²) in [7, 11) is -3.48. The lowest BCUT2D eigenvalue weighted by atomic mass is 9.49. The van der Waals surface area contributed by atoms with Crippen molar-refractivity contribution in [3.05, 3.63) is 24.3 Å². The number of amides is 1. The van der Waals surface area contributed by atoms with Gasteiger partial charge >= 0.3 is 0 Å². The van der Waals surface area contributed by atoms with Crippen LogP contribution in [0.3, 0.4) is 0 Å². The van der Waals surface area contributed by atoms with Crippen LogP contribution in [0.2, 0.25) is 0 Å². The second kappa shape index (κ2) is 7.61. The quantitative estimate of drug-likeness (QED) is 0.778.